The van der Waals surface area contributed by atoms with Crippen LogP contribution in [0.5, 0.6) is 0 Å². The van der Waals surface area contributed by atoms with E-state index in [1.807, 2.05) is 6.92 Å². The van der Waals surface area contributed by atoms with Gasteiger partial charge in [-0.25, -0.2) is 4.39 Å². The number of hydrogen-bond donors (Lipinski definition) is 1. The molecule has 1 heterocycles. The maximum Gasteiger partial charge on any atom is 0.129 e. The molecule has 1 N–H and O–H groups in total. The highest BCUT2D eigenvalue weighted by molar-refractivity contribution is 5.21. The molecule has 0 radical (unpaired) electrons. The molecule has 0 saturated carbocycles. The first kappa shape index (κ1) is 12.5. The van der Waals surface area contributed by atoms with Crippen LogP contribution in [0.15, 0.2) is 24.3 Å². The summed E-state index contributed by atoms with van der Waals surface area (Å²) in [4.78, 5) is 2.13. The lowest BCUT2D eigenvalue weighted by Crippen LogP contribution is -2.44. The van der Waals surface area contributed by atoms with Crippen molar-refractivity contribution in [3.8, 4) is 0 Å². The van der Waals surface area contributed by atoms with E-state index in [0.717, 1.165) is 13.1 Å². The Balaban J connectivity index is 2.08. The van der Waals surface area contributed by atoms with Crippen LogP contribution < -0.4 is 0 Å². The molecule has 0 bridgehead atoms. The molecule has 0 amide bonds. The number of benzene rings is 1. The van der Waals surface area contributed by atoms with Gasteiger partial charge in [0.2, 0.25) is 0 Å². The number of aliphatic hydroxyl groups excluding tert-OH is 1. The van der Waals surface area contributed by atoms with Crippen LogP contribution in [-0.4, -0.2) is 42.4 Å². The zero-order valence-corrected chi connectivity index (χ0v) is 9.97. The Morgan fingerprint density at radius 3 is 2.59 bits per heavy atom. The number of morpholine rings is 1. The van der Waals surface area contributed by atoms with Crippen LogP contribution in [0.4, 0.5) is 4.39 Å². The molecule has 2 rings (SSSR count). The van der Waals surface area contributed by atoms with Gasteiger partial charge in [-0.05, 0) is 13.0 Å². The van der Waals surface area contributed by atoms with Crippen LogP contribution in [-0.2, 0) is 4.74 Å². The molecular formula is C13H18FNO2. The molecule has 1 aromatic carbocycles. The summed E-state index contributed by atoms with van der Waals surface area (Å²) < 4.78 is 18.8. The Morgan fingerprint density at radius 1 is 1.29 bits per heavy atom. The second-order valence-electron chi connectivity index (χ2n) is 4.36. The molecule has 1 saturated heterocycles. The lowest BCUT2D eigenvalue weighted by molar-refractivity contribution is -0.0174. The van der Waals surface area contributed by atoms with E-state index in [2.05, 4.69) is 4.90 Å². The van der Waals surface area contributed by atoms with Crippen LogP contribution >= 0.6 is 0 Å². The summed E-state index contributed by atoms with van der Waals surface area (Å²) in [6, 6.07) is 6.29. The van der Waals surface area contributed by atoms with Gasteiger partial charge in [0, 0.05) is 24.7 Å². The summed E-state index contributed by atoms with van der Waals surface area (Å²) in [5, 5.41) is 10.2. The second kappa shape index (κ2) is 5.58. The predicted molar refractivity (Wildman–Crippen MR) is 63.2 cm³/mol. The van der Waals surface area contributed by atoms with Crippen molar-refractivity contribution in [3.63, 3.8) is 0 Å². The molecule has 2 atom stereocenters. The minimum Gasteiger partial charge on any atom is -0.387 e. The van der Waals surface area contributed by atoms with Gasteiger partial charge in [0.25, 0.3) is 0 Å². The first-order valence-corrected chi connectivity index (χ1v) is 5.94. The van der Waals surface area contributed by atoms with E-state index in [9.17, 15) is 9.50 Å². The molecule has 0 unspecified atom stereocenters. The zero-order valence-electron chi connectivity index (χ0n) is 9.97. The molecule has 0 spiro atoms. The van der Waals surface area contributed by atoms with Crippen molar-refractivity contribution in [3.05, 3.63) is 35.6 Å². The molecule has 3 nitrogen and oxygen atoms in total. The standard InChI is InChI=1S/C13H18FNO2/c1-10(15-6-8-17-9-7-15)13(16)11-4-2-3-5-12(11)14/h2-5,10,13,16H,6-9H2,1H3/t10-,13+/m0/s1. The summed E-state index contributed by atoms with van der Waals surface area (Å²) in [7, 11) is 0. The van der Waals surface area contributed by atoms with Gasteiger partial charge in [-0.3, -0.25) is 4.90 Å². The first-order chi connectivity index (χ1) is 8.20. The average molecular weight is 239 g/mol. The van der Waals surface area contributed by atoms with E-state index < -0.39 is 6.10 Å². The number of ether oxygens (including phenoxy) is 1. The second-order valence-corrected chi connectivity index (χ2v) is 4.36. The van der Waals surface area contributed by atoms with E-state index in [0.29, 0.717) is 18.8 Å². The van der Waals surface area contributed by atoms with E-state index in [-0.39, 0.29) is 11.9 Å². The van der Waals surface area contributed by atoms with Crippen LogP contribution in [0.25, 0.3) is 0 Å². The third-order valence-corrected chi connectivity index (χ3v) is 3.30. The molecule has 1 aliphatic heterocycles. The summed E-state index contributed by atoms with van der Waals surface area (Å²) in [5.41, 5.74) is 0.367. The maximum absolute atomic E-state index is 13.6. The fourth-order valence-electron chi connectivity index (χ4n) is 2.16. The lowest BCUT2D eigenvalue weighted by atomic mass is 10.0. The number of nitrogens with zero attached hydrogens (tertiary/aromatic N) is 1. The number of hydrogen-bond acceptors (Lipinski definition) is 3. The number of rotatable bonds is 3. The van der Waals surface area contributed by atoms with Crippen LogP contribution in [0.1, 0.15) is 18.6 Å². The SMILES string of the molecule is C[C@@H]([C@@H](O)c1ccccc1F)N1CCOCC1. The highest BCUT2D eigenvalue weighted by Gasteiger charge is 2.26. The first-order valence-electron chi connectivity index (χ1n) is 5.94. The van der Waals surface area contributed by atoms with Crippen LogP contribution in [0, 0.1) is 5.82 Å². The normalized spacial score (nSPS) is 21.1. The average Bonchev–Trinajstić information content (AvgIpc) is 2.39. The highest BCUT2D eigenvalue weighted by Crippen LogP contribution is 2.23. The summed E-state index contributed by atoms with van der Waals surface area (Å²) in [5.74, 6) is -0.347. The van der Waals surface area contributed by atoms with Crippen molar-refractivity contribution in [2.75, 3.05) is 26.3 Å². The molecule has 17 heavy (non-hydrogen) atoms. The van der Waals surface area contributed by atoms with Gasteiger partial charge in [0.05, 0.1) is 19.3 Å². The van der Waals surface area contributed by atoms with E-state index in [1.165, 1.54) is 6.07 Å². The lowest BCUT2D eigenvalue weighted by Gasteiger charge is -2.35. The minimum absolute atomic E-state index is 0.101. The Kier molecular flexibility index (Phi) is 4.10. The zero-order chi connectivity index (χ0) is 12.3. The van der Waals surface area contributed by atoms with Gasteiger partial charge < -0.3 is 9.84 Å². The topological polar surface area (TPSA) is 32.7 Å². The van der Waals surface area contributed by atoms with Gasteiger partial charge in [0.15, 0.2) is 0 Å². The highest BCUT2D eigenvalue weighted by atomic mass is 19.1. The molecule has 4 heteroatoms. The van der Waals surface area contributed by atoms with Gasteiger partial charge in [-0.2, -0.15) is 0 Å². The van der Waals surface area contributed by atoms with Gasteiger partial charge in [-0.1, -0.05) is 18.2 Å². The van der Waals surface area contributed by atoms with E-state index in [1.54, 1.807) is 18.2 Å². The molecule has 0 aromatic heterocycles. The van der Waals surface area contributed by atoms with Gasteiger partial charge >= 0.3 is 0 Å². The Bertz CT molecular complexity index is 366. The number of halogens is 1. The van der Waals surface area contributed by atoms with Crippen molar-refractivity contribution in [2.45, 2.75) is 19.1 Å². The molecular weight excluding hydrogens is 221 g/mol. The molecule has 1 aromatic rings. The fraction of sp³-hybridized carbons (Fsp3) is 0.538. The summed E-state index contributed by atoms with van der Waals surface area (Å²) >= 11 is 0. The van der Waals surface area contributed by atoms with Crippen molar-refractivity contribution in [1.82, 2.24) is 4.90 Å². The van der Waals surface area contributed by atoms with Crippen molar-refractivity contribution in [1.29, 1.82) is 0 Å². The van der Waals surface area contributed by atoms with Crippen molar-refractivity contribution < 1.29 is 14.2 Å². The quantitative estimate of drug-likeness (QED) is 0.869. The Morgan fingerprint density at radius 2 is 1.94 bits per heavy atom. The third-order valence-electron chi connectivity index (χ3n) is 3.30. The van der Waals surface area contributed by atoms with Crippen LogP contribution in [0.2, 0.25) is 0 Å². The Labute approximate surface area is 101 Å². The summed E-state index contributed by atoms with van der Waals surface area (Å²) in [6.07, 6.45) is -0.797. The van der Waals surface area contributed by atoms with Crippen LogP contribution in [0.3, 0.4) is 0 Å². The van der Waals surface area contributed by atoms with E-state index in [4.69, 9.17) is 4.74 Å². The van der Waals surface area contributed by atoms with Crippen molar-refractivity contribution in [2.24, 2.45) is 0 Å². The molecule has 94 valence electrons. The van der Waals surface area contributed by atoms with E-state index >= 15 is 0 Å². The maximum atomic E-state index is 13.6. The van der Waals surface area contributed by atoms with Crippen molar-refractivity contribution >= 4 is 0 Å². The predicted octanol–water partition coefficient (Wildman–Crippen LogP) is 1.58. The van der Waals surface area contributed by atoms with Gasteiger partial charge in [-0.15, -0.1) is 0 Å². The Hall–Kier alpha value is -0.970. The van der Waals surface area contributed by atoms with Gasteiger partial charge in [0.1, 0.15) is 5.82 Å². The largest absolute Gasteiger partial charge is 0.387 e. The monoisotopic (exact) mass is 239 g/mol. The smallest absolute Gasteiger partial charge is 0.129 e. The molecule has 1 fully saturated rings. The third kappa shape index (κ3) is 2.83. The minimum atomic E-state index is -0.797. The number of aliphatic hydroxyl groups is 1. The summed E-state index contributed by atoms with van der Waals surface area (Å²) in [6.45, 7) is 4.84. The molecule has 0 aliphatic carbocycles. The fourth-order valence-corrected chi connectivity index (χ4v) is 2.16. The molecule has 1 aliphatic rings.